The molecule has 0 amide bonds. The molecular weight excluding hydrogens is 394 g/mol. The molecule has 2 N–H and O–H groups in total. The molecule has 0 aliphatic heterocycles. The number of thiazole rings is 1. The highest BCUT2D eigenvalue weighted by atomic mass is 32.1. The minimum Gasteiger partial charge on any atom is -0.431 e. The van der Waals surface area contributed by atoms with Crippen LogP contribution in [0.15, 0.2) is 53.6 Å². The van der Waals surface area contributed by atoms with Crippen LogP contribution in [0.5, 0.6) is 10.9 Å². The summed E-state index contributed by atoms with van der Waals surface area (Å²) in [6.07, 6.45) is 4.77. The van der Waals surface area contributed by atoms with Gasteiger partial charge in [0.05, 0.1) is 10.2 Å². The van der Waals surface area contributed by atoms with Gasteiger partial charge in [-0.2, -0.15) is 0 Å². The normalized spacial score (nSPS) is 11.1. The summed E-state index contributed by atoms with van der Waals surface area (Å²) in [4.78, 5) is 6.97. The number of amidine groups is 1. The number of para-hydroxylation sites is 1. The second-order valence-corrected chi connectivity index (χ2v) is 8.29. The maximum Gasteiger partial charge on any atom is 0.279 e. The zero-order valence-corrected chi connectivity index (χ0v) is 18.3. The highest BCUT2D eigenvalue weighted by Crippen LogP contribution is 2.31. The monoisotopic (exact) mass is 423 g/mol. The Morgan fingerprint density at radius 3 is 2.57 bits per heavy atom. The summed E-state index contributed by atoms with van der Waals surface area (Å²) in [5, 5.41) is 11.4. The van der Waals surface area contributed by atoms with Crippen LogP contribution in [0.2, 0.25) is 0 Å². The number of rotatable bonds is 12. The Hall–Kier alpha value is -2.64. The summed E-state index contributed by atoms with van der Waals surface area (Å²) in [5.74, 6) is 0.965. The van der Waals surface area contributed by atoms with Crippen molar-refractivity contribution in [3.05, 3.63) is 54.1 Å². The minimum absolute atomic E-state index is 0.161. The molecule has 3 aromatic rings. The standard InChI is InChI=1S/C23H29N5OS/c1-2-3-15-28(16-6-9-22(24)27-25)17-14-18-10-12-19(13-11-18)29-23-26-20-7-4-5-8-21(20)30-23/h4-5,7-8,10-13,24-25H,2-3,6,9,14-17H2,1H3. The molecule has 0 bridgehead atoms. The molecule has 0 saturated heterocycles. The fourth-order valence-electron chi connectivity index (χ4n) is 3.25. The van der Waals surface area contributed by atoms with Crippen LogP contribution >= 0.6 is 11.3 Å². The lowest BCUT2D eigenvalue weighted by Gasteiger charge is -2.22. The summed E-state index contributed by atoms with van der Waals surface area (Å²) in [6.45, 7) is 5.21. The van der Waals surface area contributed by atoms with Crippen LogP contribution in [0.25, 0.3) is 10.2 Å². The van der Waals surface area contributed by atoms with E-state index in [1.54, 1.807) is 11.3 Å². The van der Waals surface area contributed by atoms with Gasteiger partial charge in [-0.3, -0.25) is 5.41 Å². The Bertz CT molecular complexity index is 921. The highest BCUT2D eigenvalue weighted by Gasteiger charge is 2.08. The molecule has 3 rings (SSSR count). The van der Waals surface area contributed by atoms with Gasteiger partial charge in [0.1, 0.15) is 11.6 Å². The van der Waals surface area contributed by atoms with Gasteiger partial charge in [0.15, 0.2) is 0 Å². The predicted octanol–water partition coefficient (Wildman–Crippen LogP) is 6.52. The quantitative estimate of drug-likeness (QED) is 0.197. The molecule has 6 nitrogen and oxygen atoms in total. The van der Waals surface area contributed by atoms with Crippen molar-refractivity contribution in [1.82, 2.24) is 9.88 Å². The molecule has 0 aliphatic carbocycles. The first-order valence-electron chi connectivity index (χ1n) is 10.5. The van der Waals surface area contributed by atoms with Crippen LogP contribution < -0.4 is 4.74 Å². The first-order chi connectivity index (χ1) is 14.7. The van der Waals surface area contributed by atoms with Crippen molar-refractivity contribution in [1.29, 1.82) is 10.9 Å². The van der Waals surface area contributed by atoms with E-state index in [-0.39, 0.29) is 5.84 Å². The lowest BCUT2D eigenvalue weighted by molar-refractivity contribution is 0.271. The summed E-state index contributed by atoms with van der Waals surface area (Å²) in [5.41, 5.74) is 9.13. The third-order valence-electron chi connectivity index (χ3n) is 4.97. The molecule has 0 saturated carbocycles. The van der Waals surface area contributed by atoms with Crippen molar-refractivity contribution < 1.29 is 4.74 Å². The summed E-state index contributed by atoms with van der Waals surface area (Å²) < 4.78 is 7.06. The van der Waals surface area contributed by atoms with Gasteiger partial charge in [0.2, 0.25) is 0 Å². The Balaban J connectivity index is 1.51. The van der Waals surface area contributed by atoms with Crippen LogP contribution in [0.3, 0.4) is 0 Å². The molecule has 0 spiro atoms. The topological polar surface area (TPSA) is 85.4 Å². The van der Waals surface area contributed by atoms with E-state index in [1.807, 2.05) is 30.3 Å². The lowest BCUT2D eigenvalue weighted by Crippen LogP contribution is -2.28. The molecule has 0 atom stereocenters. The smallest absolute Gasteiger partial charge is 0.279 e. The van der Waals surface area contributed by atoms with E-state index in [9.17, 15) is 0 Å². The van der Waals surface area contributed by atoms with Crippen molar-refractivity contribution in [3.8, 4) is 10.9 Å². The number of nitrogens with one attached hydrogen (secondary N) is 2. The number of unbranched alkanes of at least 4 members (excludes halogenated alkanes) is 1. The minimum atomic E-state index is 0.161. The third kappa shape index (κ3) is 6.71. The van der Waals surface area contributed by atoms with Crippen molar-refractivity contribution in [2.75, 3.05) is 19.6 Å². The first kappa shape index (κ1) is 22.1. The third-order valence-corrected chi connectivity index (χ3v) is 5.88. The van der Waals surface area contributed by atoms with Crippen LogP contribution in [0.4, 0.5) is 0 Å². The van der Waals surface area contributed by atoms with Gasteiger partial charge in [-0.1, -0.05) is 48.9 Å². The molecule has 2 aromatic carbocycles. The van der Waals surface area contributed by atoms with Gasteiger partial charge >= 0.3 is 0 Å². The van der Waals surface area contributed by atoms with Crippen LogP contribution in [0.1, 0.15) is 38.2 Å². The zero-order valence-electron chi connectivity index (χ0n) is 17.4. The Morgan fingerprint density at radius 1 is 1.07 bits per heavy atom. The van der Waals surface area contributed by atoms with E-state index >= 15 is 0 Å². The fraction of sp³-hybridized carbons (Fsp3) is 0.391. The average molecular weight is 424 g/mol. The van der Waals surface area contributed by atoms with E-state index in [2.05, 4.69) is 40.1 Å². The Kier molecular flexibility index (Phi) is 8.47. The van der Waals surface area contributed by atoms with Crippen molar-refractivity contribution in [3.63, 3.8) is 0 Å². The second-order valence-electron chi connectivity index (χ2n) is 7.30. The van der Waals surface area contributed by atoms with Crippen LogP contribution in [-0.4, -0.2) is 35.4 Å². The van der Waals surface area contributed by atoms with Crippen molar-refractivity contribution in [2.45, 2.75) is 39.0 Å². The van der Waals surface area contributed by atoms with E-state index in [1.165, 1.54) is 18.4 Å². The number of benzene rings is 2. The molecule has 158 valence electrons. The van der Waals surface area contributed by atoms with Gasteiger partial charge in [-0.25, -0.2) is 10.5 Å². The molecular formula is C23H29N5OS. The molecule has 0 aliphatic rings. The Labute approximate surface area is 181 Å². The van der Waals surface area contributed by atoms with Gasteiger partial charge in [-0.05, 0) is 62.2 Å². The number of aromatic nitrogens is 1. The van der Waals surface area contributed by atoms with Gasteiger partial charge in [0, 0.05) is 13.0 Å². The maximum absolute atomic E-state index is 7.50. The lowest BCUT2D eigenvalue weighted by atomic mass is 10.1. The number of ether oxygens (including phenoxy) is 1. The number of hydrogen-bond donors (Lipinski definition) is 2. The number of nitrogens with zero attached hydrogens (tertiary/aromatic N) is 3. The average Bonchev–Trinajstić information content (AvgIpc) is 3.18. The molecule has 0 fully saturated rings. The summed E-state index contributed by atoms with van der Waals surface area (Å²) in [6, 6.07) is 16.3. The van der Waals surface area contributed by atoms with Crippen LogP contribution in [-0.2, 0) is 6.42 Å². The predicted molar refractivity (Wildman–Crippen MR) is 123 cm³/mol. The molecule has 0 radical (unpaired) electrons. The second kappa shape index (κ2) is 11.5. The first-order valence-corrected chi connectivity index (χ1v) is 11.3. The fourth-order valence-corrected chi connectivity index (χ4v) is 4.08. The summed E-state index contributed by atoms with van der Waals surface area (Å²) >= 11 is 1.56. The van der Waals surface area contributed by atoms with E-state index < -0.39 is 0 Å². The van der Waals surface area contributed by atoms with Crippen molar-refractivity contribution >= 4 is 27.4 Å². The van der Waals surface area contributed by atoms with E-state index in [0.717, 1.165) is 48.4 Å². The van der Waals surface area contributed by atoms with Gasteiger partial charge in [0.25, 0.3) is 5.19 Å². The van der Waals surface area contributed by atoms with E-state index in [0.29, 0.717) is 11.6 Å². The molecule has 1 heterocycles. The van der Waals surface area contributed by atoms with Gasteiger partial charge < -0.3 is 9.64 Å². The largest absolute Gasteiger partial charge is 0.431 e. The zero-order chi connectivity index (χ0) is 21.2. The molecule has 0 unspecified atom stereocenters. The molecule has 1 aromatic heterocycles. The molecule has 30 heavy (non-hydrogen) atoms. The van der Waals surface area contributed by atoms with Gasteiger partial charge in [-0.15, -0.1) is 5.11 Å². The number of fused-ring (bicyclic) bond motifs is 1. The van der Waals surface area contributed by atoms with E-state index in [4.69, 9.17) is 15.7 Å². The summed E-state index contributed by atoms with van der Waals surface area (Å²) in [7, 11) is 0. The van der Waals surface area contributed by atoms with Crippen molar-refractivity contribution in [2.24, 2.45) is 5.11 Å². The highest BCUT2D eigenvalue weighted by molar-refractivity contribution is 7.20. The van der Waals surface area contributed by atoms with Crippen LogP contribution in [0, 0.1) is 10.9 Å². The molecule has 7 heteroatoms. The SMILES string of the molecule is CCCCN(CCCC(=N)N=N)CCc1ccc(Oc2nc3ccccc3s2)cc1. The Morgan fingerprint density at radius 2 is 1.83 bits per heavy atom. The number of hydrogen-bond acceptors (Lipinski definition) is 6. The maximum atomic E-state index is 7.50.